The van der Waals surface area contributed by atoms with Crippen molar-refractivity contribution in [3.05, 3.63) is 29.3 Å². The second-order valence-corrected chi connectivity index (χ2v) is 5.40. The average Bonchev–Trinajstić information content (AvgIpc) is 2.92. The van der Waals surface area contributed by atoms with E-state index in [4.69, 9.17) is 25.8 Å². The molecular formula is C14H17ClO4. The van der Waals surface area contributed by atoms with E-state index in [9.17, 15) is 4.79 Å². The lowest BCUT2D eigenvalue weighted by Gasteiger charge is -2.28. The van der Waals surface area contributed by atoms with Crippen molar-refractivity contribution in [1.82, 2.24) is 0 Å². The van der Waals surface area contributed by atoms with Crippen molar-refractivity contribution in [1.29, 1.82) is 0 Å². The van der Waals surface area contributed by atoms with Crippen LogP contribution in [0.1, 0.15) is 13.8 Å². The number of hydrogen-bond acceptors (Lipinski definition) is 4. The van der Waals surface area contributed by atoms with Gasteiger partial charge in [0.15, 0.2) is 12.1 Å². The Bertz CT molecular complexity index is 435. The van der Waals surface area contributed by atoms with Gasteiger partial charge in [-0.05, 0) is 38.1 Å². The van der Waals surface area contributed by atoms with Crippen LogP contribution in [-0.2, 0) is 14.3 Å². The quantitative estimate of drug-likeness (QED) is 0.834. The van der Waals surface area contributed by atoms with Crippen LogP contribution in [-0.4, -0.2) is 31.9 Å². The molecule has 19 heavy (non-hydrogen) atoms. The predicted molar refractivity (Wildman–Crippen MR) is 71.4 cm³/mol. The number of halogens is 1. The van der Waals surface area contributed by atoms with Gasteiger partial charge in [-0.1, -0.05) is 11.6 Å². The molecule has 0 unspecified atom stereocenters. The highest BCUT2D eigenvalue weighted by molar-refractivity contribution is 6.30. The summed E-state index contributed by atoms with van der Waals surface area (Å²) in [5, 5.41) is 0.631. The fraction of sp³-hybridized carbons (Fsp3) is 0.500. The highest BCUT2D eigenvalue weighted by Crippen LogP contribution is 2.28. The van der Waals surface area contributed by atoms with Gasteiger partial charge in [0.2, 0.25) is 0 Å². The summed E-state index contributed by atoms with van der Waals surface area (Å²) in [4.78, 5) is 12.2. The number of ketones is 1. The maximum atomic E-state index is 12.2. The number of ether oxygens (including phenoxy) is 3. The van der Waals surface area contributed by atoms with E-state index in [1.807, 2.05) is 0 Å². The van der Waals surface area contributed by atoms with E-state index in [-0.39, 0.29) is 12.4 Å². The SMILES string of the molecule is CC(C)(C(=O)COc1ccc(Cl)cc1)C1OCCO1. The first-order valence-corrected chi connectivity index (χ1v) is 6.53. The second-order valence-electron chi connectivity index (χ2n) is 4.96. The Hall–Kier alpha value is -1.10. The Morgan fingerprint density at radius 2 is 1.89 bits per heavy atom. The third-order valence-electron chi connectivity index (χ3n) is 3.11. The van der Waals surface area contributed by atoms with Crippen LogP contribution < -0.4 is 4.74 Å². The van der Waals surface area contributed by atoms with Crippen molar-refractivity contribution in [3.8, 4) is 5.75 Å². The molecule has 1 heterocycles. The number of Topliss-reactive ketones (excluding diaryl/α,β-unsaturated/α-hetero) is 1. The van der Waals surface area contributed by atoms with Gasteiger partial charge in [-0.2, -0.15) is 0 Å². The summed E-state index contributed by atoms with van der Waals surface area (Å²) in [5.74, 6) is 0.552. The molecule has 1 aliphatic rings. The monoisotopic (exact) mass is 284 g/mol. The van der Waals surface area contributed by atoms with Crippen molar-refractivity contribution < 1.29 is 19.0 Å². The molecule has 1 aromatic carbocycles. The minimum atomic E-state index is -0.719. The molecule has 0 radical (unpaired) electrons. The number of carbonyl (C=O) groups excluding carboxylic acids is 1. The molecule has 0 amide bonds. The molecule has 0 N–H and O–H groups in total. The Labute approximate surface area is 117 Å². The van der Waals surface area contributed by atoms with Gasteiger partial charge in [0.05, 0.1) is 18.6 Å². The molecular weight excluding hydrogens is 268 g/mol. The van der Waals surface area contributed by atoms with E-state index < -0.39 is 11.7 Å². The third-order valence-corrected chi connectivity index (χ3v) is 3.37. The van der Waals surface area contributed by atoms with Gasteiger partial charge in [0.1, 0.15) is 12.4 Å². The first-order valence-electron chi connectivity index (χ1n) is 6.15. The highest BCUT2D eigenvalue weighted by atomic mass is 35.5. The van der Waals surface area contributed by atoms with Gasteiger partial charge in [-0.3, -0.25) is 4.79 Å². The summed E-state index contributed by atoms with van der Waals surface area (Å²) < 4.78 is 16.2. The number of benzene rings is 1. The summed E-state index contributed by atoms with van der Waals surface area (Å²) in [7, 11) is 0. The average molecular weight is 285 g/mol. The Morgan fingerprint density at radius 1 is 1.32 bits per heavy atom. The fourth-order valence-corrected chi connectivity index (χ4v) is 1.90. The maximum absolute atomic E-state index is 12.2. The molecule has 104 valence electrons. The minimum absolute atomic E-state index is 0.0160. The minimum Gasteiger partial charge on any atom is -0.486 e. The van der Waals surface area contributed by atoms with Crippen LogP contribution in [0.25, 0.3) is 0 Å². The first kappa shape index (κ1) is 14.3. The smallest absolute Gasteiger partial charge is 0.180 e. The van der Waals surface area contributed by atoms with Crippen LogP contribution >= 0.6 is 11.6 Å². The zero-order chi connectivity index (χ0) is 13.9. The molecule has 1 aromatic rings. The zero-order valence-corrected chi connectivity index (χ0v) is 11.8. The van der Waals surface area contributed by atoms with E-state index in [1.165, 1.54) is 0 Å². The fourth-order valence-electron chi connectivity index (χ4n) is 1.77. The van der Waals surface area contributed by atoms with Crippen molar-refractivity contribution in [2.75, 3.05) is 19.8 Å². The van der Waals surface area contributed by atoms with Crippen molar-refractivity contribution >= 4 is 17.4 Å². The van der Waals surface area contributed by atoms with Crippen LogP contribution in [0.3, 0.4) is 0 Å². The Kier molecular flexibility index (Phi) is 4.45. The molecule has 5 heteroatoms. The van der Waals surface area contributed by atoms with E-state index >= 15 is 0 Å². The van der Waals surface area contributed by atoms with Crippen LogP contribution in [0, 0.1) is 5.41 Å². The summed E-state index contributed by atoms with van der Waals surface area (Å²) in [6, 6.07) is 6.89. The van der Waals surface area contributed by atoms with E-state index in [1.54, 1.807) is 38.1 Å². The van der Waals surface area contributed by atoms with Crippen molar-refractivity contribution in [3.63, 3.8) is 0 Å². The molecule has 1 fully saturated rings. The molecule has 1 aliphatic heterocycles. The topological polar surface area (TPSA) is 44.8 Å². The molecule has 1 saturated heterocycles. The molecule has 0 aromatic heterocycles. The van der Waals surface area contributed by atoms with Crippen molar-refractivity contribution in [2.24, 2.45) is 5.41 Å². The lowest BCUT2D eigenvalue weighted by atomic mass is 9.87. The van der Waals surface area contributed by atoms with Gasteiger partial charge in [-0.25, -0.2) is 0 Å². The molecule has 0 atom stereocenters. The largest absolute Gasteiger partial charge is 0.486 e. The van der Waals surface area contributed by atoms with Gasteiger partial charge in [-0.15, -0.1) is 0 Å². The Balaban J connectivity index is 1.91. The van der Waals surface area contributed by atoms with E-state index in [0.717, 1.165) is 0 Å². The highest BCUT2D eigenvalue weighted by Gasteiger charge is 2.40. The summed E-state index contributed by atoms with van der Waals surface area (Å²) >= 11 is 5.78. The zero-order valence-electron chi connectivity index (χ0n) is 11.0. The molecule has 0 bridgehead atoms. The van der Waals surface area contributed by atoms with Crippen LogP contribution in [0.15, 0.2) is 24.3 Å². The van der Waals surface area contributed by atoms with Gasteiger partial charge in [0, 0.05) is 5.02 Å². The molecule has 2 rings (SSSR count). The Morgan fingerprint density at radius 3 is 2.47 bits per heavy atom. The standard InChI is InChI=1S/C14H17ClO4/c1-14(2,13-17-7-8-18-13)12(16)9-19-11-5-3-10(15)4-6-11/h3-6,13H,7-9H2,1-2H3. The first-order chi connectivity index (χ1) is 9.00. The number of rotatable bonds is 5. The summed E-state index contributed by atoms with van der Waals surface area (Å²) in [5.41, 5.74) is -0.719. The number of hydrogen-bond donors (Lipinski definition) is 0. The summed E-state index contributed by atoms with van der Waals surface area (Å²) in [6.07, 6.45) is -0.492. The molecule has 4 nitrogen and oxygen atoms in total. The maximum Gasteiger partial charge on any atom is 0.180 e. The lowest BCUT2D eigenvalue weighted by molar-refractivity contribution is -0.157. The second kappa shape index (κ2) is 5.90. The van der Waals surface area contributed by atoms with Gasteiger partial charge < -0.3 is 14.2 Å². The molecule has 0 aliphatic carbocycles. The summed E-state index contributed by atoms with van der Waals surface area (Å²) in [6.45, 7) is 4.64. The van der Waals surface area contributed by atoms with Crippen LogP contribution in [0.2, 0.25) is 5.02 Å². The van der Waals surface area contributed by atoms with Gasteiger partial charge in [0.25, 0.3) is 0 Å². The lowest BCUT2D eigenvalue weighted by Crippen LogP contribution is -2.40. The van der Waals surface area contributed by atoms with E-state index in [0.29, 0.717) is 24.0 Å². The normalized spacial score (nSPS) is 16.6. The predicted octanol–water partition coefficient (Wildman–Crippen LogP) is 2.69. The van der Waals surface area contributed by atoms with Crippen LogP contribution in [0.4, 0.5) is 0 Å². The number of carbonyl (C=O) groups is 1. The molecule has 0 spiro atoms. The van der Waals surface area contributed by atoms with Crippen molar-refractivity contribution in [2.45, 2.75) is 20.1 Å². The molecule has 0 saturated carbocycles. The third kappa shape index (κ3) is 3.47. The van der Waals surface area contributed by atoms with E-state index in [2.05, 4.69) is 0 Å². The van der Waals surface area contributed by atoms with Crippen LogP contribution in [0.5, 0.6) is 5.75 Å². The van der Waals surface area contributed by atoms with Gasteiger partial charge >= 0.3 is 0 Å².